The van der Waals surface area contributed by atoms with E-state index in [1.165, 1.54) is 11.8 Å². The molecule has 0 rings (SSSR count). The van der Waals surface area contributed by atoms with Gasteiger partial charge in [-0.25, -0.2) is 4.79 Å². The summed E-state index contributed by atoms with van der Waals surface area (Å²) in [5, 5.41) is 25.5. The second-order valence-electron chi connectivity index (χ2n) is 7.41. The number of nitrogens with one attached hydrogen (secondary N) is 3. The van der Waals surface area contributed by atoms with E-state index in [0.29, 0.717) is 5.75 Å². The first-order valence-electron chi connectivity index (χ1n) is 9.66. The molecule has 0 saturated heterocycles. The molecule has 12 nitrogen and oxygen atoms in total. The van der Waals surface area contributed by atoms with Crippen LogP contribution in [0.4, 0.5) is 0 Å². The van der Waals surface area contributed by atoms with Crippen molar-refractivity contribution in [3.8, 4) is 0 Å². The number of carboxylic acid groups (broad SMARTS) is 1. The topological polar surface area (TPSA) is 214 Å². The summed E-state index contributed by atoms with van der Waals surface area (Å²) in [5.74, 6) is -4.42. The summed E-state index contributed by atoms with van der Waals surface area (Å²) in [6.45, 7) is 4.65. The van der Waals surface area contributed by atoms with Crippen LogP contribution in [-0.4, -0.2) is 82.1 Å². The molecule has 0 bridgehead atoms. The van der Waals surface area contributed by atoms with E-state index in [9.17, 15) is 29.1 Å². The van der Waals surface area contributed by atoms with E-state index in [2.05, 4.69) is 16.0 Å². The first kappa shape index (κ1) is 28.6. The second-order valence-corrected chi connectivity index (χ2v) is 8.39. The molecule has 0 aromatic rings. The van der Waals surface area contributed by atoms with Crippen molar-refractivity contribution in [1.29, 1.82) is 0 Å². The van der Waals surface area contributed by atoms with Crippen LogP contribution >= 0.6 is 11.8 Å². The number of rotatable bonds is 14. The van der Waals surface area contributed by atoms with Crippen LogP contribution in [0, 0.1) is 5.92 Å². The largest absolute Gasteiger partial charge is 0.480 e. The normalized spacial score (nSPS) is 15.8. The molecule has 0 saturated carbocycles. The Morgan fingerprint density at radius 3 is 1.87 bits per heavy atom. The molecule has 4 amide bonds. The van der Waals surface area contributed by atoms with Gasteiger partial charge in [0.2, 0.25) is 23.6 Å². The number of carbonyl (C=O) groups is 5. The van der Waals surface area contributed by atoms with E-state index in [0.717, 1.165) is 6.92 Å². The molecule has 0 aromatic heterocycles. The number of amides is 4. The van der Waals surface area contributed by atoms with Gasteiger partial charge in [-0.2, -0.15) is 11.8 Å². The van der Waals surface area contributed by atoms with Crippen LogP contribution in [0.25, 0.3) is 0 Å². The van der Waals surface area contributed by atoms with Crippen molar-refractivity contribution in [3.05, 3.63) is 0 Å². The van der Waals surface area contributed by atoms with Gasteiger partial charge in [0.15, 0.2) is 6.04 Å². The Morgan fingerprint density at radius 1 is 0.935 bits per heavy atom. The second kappa shape index (κ2) is 13.8. The van der Waals surface area contributed by atoms with E-state index < -0.39 is 66.3 Å². The van der Waals surface area contributed by atoms with Crippen LogP contribution in [0.2, 0.25) is 0 Å². The van der Waals surface area contributed by atoms with Crippen LogP contribution in [0.5, 0.6) is 0 Å². The van der Waals surface area contributed by atoms with E-state index in [-0.39, 0.29) is 12.3 Å². The molecule has 0 heterocycles. The molecule has 31 heavy (non-hydrogen) atoms. The summed E-state index contributed by atoms with van der Waals surface area (Å²) >= 11 is 1.43. The van der Waals surface area contributed by atoms with E-state index >= 15 is 0 Å². The van der Waals surface area contributed by atoms with Gasteiger partial charge in [-0.1, -0.05) is 13.8 Å². The highest BCUT2D eigenvalue weighted by atomic mass is 32.2. The number of thioether (sulfide) groups is 1. The van der Waals surface area contributed by atoms with Gasteiger partial charge in [0.1, 0.15) is 12.1 Å². The van der Waals surface area contributed by atoms with Crippen molar-refractivity contribution in [3.63, 3.8) is 0 Å². The first-order chi connectivity index (χ1) is 14.3. The van der Waals surface area contributed by atoms with Crippen molar-refractivity contribution in [2.45, 2.75) is 63.9 Å². The van der Waals surface area contributed by atoms with Crippen LogP contribution in [0.1, 0.15) is 33.6 Å². The van der Waals surface area contributed by atoms with Gasteiger partial charge in [-0.05, 0) is 31.3 Å². The number of nitrogens with two attached hydrogens (primary N) is 2. The number of hydrogen-bond donors (Lipinski definition) is 7. The average molecular weight is 464 g/mol. The molecule has 178 valence electrons. The highest BCUT2D eigenvalue weighted by Crippen LogP contribution is 2.06. The fraction of sp³-hybridized carbons (Fsp3) is 0.722. The lowest BCUT2D eigenvalue weighted by atomic mass is 10.0. The molecule has 5 unspecified atom stereocenters. The van der Waals surface area contributed by atoms with Crippen molar-refractivity contribution in [2.24, 2.45) is 17.4 Å². The molecule has 9 N–H and O–H groups in total. The Labute approximate surface area is 185 Å². The van der Waals surface area contributed by atoms with Gasteiger partial charge in [0, 0.05) is 0 Å². The van der Waals surface area contributed by atoms with Gasteiger partial charge in [-0.15, -0.1) is 0 Å². The molecule has 0 aromatic carbocycles. The first-order valence-corrected chi connectivity index (χ1v) is 11.1. The smallest absolute Gasteiger partial charge is 0.328 e. The maximum atomic E-state index is 12.8. The lowest BCUT2D eigenvalue weighted by Gasteiger charge is -2.25. The van der Waals surface area contributed by atoms with Gasteiger partial charge < -0.3 is 37.6 Å². The van der Waals surface area contributed by atoms with E-state index in [4.69, 9.17) is 16.6 Å². The molecular formula is C18H33N5O7S. The van der Waals surface area contributed by atoms with Crippen molar-refractivity contribution in [1.82, 2.24) is 16.0 Å². The van der Waals surface area contributed by atoms with Crippen LogP contribution in [-0.2, 0) is 24.0 Å². The molecule has 0 aliphatic carbocycles. The predicted molar refractivity (Wildman–Crippen MR) is 115 cm³/mol. The fourth-order valence-electron chi connectivity index (χ4n) is 2.40. The minimum atomic E-state index is -1.66. The standard InChI is InChI=1S/C18H33N5O7S/c1-8(2)13(20)17(28)21-10(5-6-31-4)15(26)22-11(7-12(19)25)16(27)23-14(9(3)24)18(29)30/h8-11,13-14,24H,5-7,20H2,1-4H3,(H2,19,25)(H,21,28)(H,22,26)(H,23,27)(H,29,30). The van der Waals surface area contributed by atoms with Crippen molar-refractivity contribution in [2.75, 3.05) is 12.0 Å². The van der Waals surface area contributed by atoms with E-state index in [1.807, 2.05) is 6.26 Å². The number of aliphatic hydroxyl groups excluding tert-OH is 1. The molecular weight excluding hydrogens is 430 g/mol. The molecule has 13 heteroatoms. The Kier molecular flexibility index (Phi) is 12.8. The summed E-state index contributed by atoms with van der Waals surface area (Å²) in [4.78, 5) is 60.1. The van der Waals surface area contributed by atoms with Crippen molar-refractivity contribution >= 4 is 41.4 Å². The third-order valence-electron chi connectivity index (χ3n) is 4.35. The number of aliphatic hydroxyl groups is 1. The predicted octanol–water partition coefficient (Wildman–Crippen LogP) is -2.48. The number of hydrogen-bond acceptors (Lipinski definition) is 8. The Balaban J connectivity index is 5.48. The molecule has 0 spiro atoms. The summed E-state index contributed by atoms with van der Waals surface area (Å²) in [5.41, 5.74) is 11.0. The lowest BCUT2D eigenvalue weighted by Crippen LogP contribution is -2.59. The minimum absolute atomic E-state index is 0.175. The number of primary amides is 1. The Bertz CT molecular complexity index is 659. The Morgan fingerprint density at radius 2 is 1.45 bits per heavy atom. The fourth-order valence-corrected chi connectivity index (χ4v) is 2.87. The van der Waals surface area contributed by atoms with E-state index in [1.54, 1.807) is 13.8 Å². The SMILES string of the molecule is CSCCC(NC(=O)C(N)C(C)C)C(=O)NC(CC(N)=O)C(=O)NC(C(=O)O)C(C)O. The Hall–Kier alpha value is -2.38. The van der Waals surface area contributed by atoms with Crippen LogP contribution < -0.4 is 27.4 Å². The number of carbonyl (C=O) groups excluding carboxylic acids is 4. The lowest BCUT2D eigenvalue weighted by molar-refractivity contribution is -0.145. The van der Waals surface area contributed by atoms with Crippen molar-refractivity contribution < 1.29 is 34.2 Å². The number of carboxylic acids is 1. The molecule has 0 fully saturated rings. The van der Waals surface area contributed by atoms with Crippen LogP contribution in [0.3, 0.4) is 0 Å². The van der Waals surface area contributed by atoms with Gasteiger partial charge in [-0.3, -0.25) is 19.2 Å². The maximum absolute atomic E-state index is 12.8. The quantitative estimate of drug-likeness (QED) is 0.145. The zero-order chi connectivity index (χ0) is 24.3. The molecule has 0 radical (unpaired) electrons. The zero-order valence-corrected chi connectivity index (χ0v) is 18.9. The molecule has 0 aliphatic rings. The summed E-state index contributed by atoms with van der Waals surface area (Å²) in [6, 6.07) is -5.05. The summed E-state index contributed by atoms with van der Waals surface area (Å²) in [6.07, 6.45) is -0.0158. The monoisotopic (exact) mass is 463 g/mol. The molecule has 5 atom stereocenters. The number of aliphatic carboxylic acids is 1. The minimum Gasteiger partial charge on any atom is -0.480 e. The van der Waals surface area contributed by atoms with Gasteiger partial charge in [0.05, 0.1) is 18.6 Å². The molecule has 0 aliphatic heterocycles. The average Bonchev–Trinajstić information content (AvgIpc) is 2.66. The highest BCUT2D eigenvalue weighted by molar-refractivity contribution is 7.98. The maximum Gasteiger partial charge on any atom is 0.328 e. The van der Waals surface area contributed by atoms with Gasteiger partial charge >= 0.3 is 5.97 Å². The summed E-state index contributed by atoms with van der Waals surface area (Å²) < 4.78 is 0. The van der Waals surface area contributed by atoms with Gasteiger partial charge in [0.25, 0.3) is 0 Å². The third kappa shape index (κ3) is 10.5. The van der Waals surface area contributed by atoms with Crippen LogP contribution in [0.15, 0.2) is 0 Å². The third-order valence-corrected chi connectivity index (χ3v) is 4.99. The summed E-state index contributed by atoms with van der Waals surface area (Å²) in [7, 11) is 0. The zero-order valence-electron chi connectivity index (χ0n) is 18.1. The highest BCUT2D eigenvalue weighted by Gasteiger charge is 2.32.